The van der Waals surface area contributed by atoms with Crippen molar-refractivity contribution in [3.63, 3.8) is 0 Å². The quantitative estimate of drug-likeness (QED) is 0.725. The molecule has 1 heterocycles. The Morgan fingerprint density at radius 3 is 2.87 bits per heavy atom. The Morgan fingerprint density at radius 2 is 2.27 bits per heavy atom. The minimum absolute atomic E-state index is 0.580. The van der Waals surface area contributed by atoms with Gasteiger partial charge in [-0.05, 0) is 26.3 Å². The lowest BCUT2D eigenvalue weighted by Gasteiger charge is -2.35. The molecule has 90 valence electrons. The van der Waals surface area contributed by atoms with E-state index >= 15 is 0 Å². The highest BCUT2D eigenvalue weighted by Crippen LogP contribution is 2.07. The van der Waals surface area contributed by atoms with Crippen LogP contribution in [-0.2, 0) is 4.74 Å². The molecule has 1 rings (SSSR count). The standard InChI is InChI=1S/C12H26N2O/c1-4-6-13-12(5-2)9-14-7-8-15-10-11(14)3/h11-13H,4-10H2,1-3H3. The fraction of sp³-hybridized carbons (Fsp3) is 1.00. The Morgan fingerprint density at radius 1 is 1.47 bits per heavy atom. The average molecular weight is 214 g/mol. The summed E-state index contributed by atoms with van der Waals surface area (Å²) in [5, 5.41) is 3.60. The van der Waals surface area contributed by atoms with Crippen molar-refractivity contribution in [2.45, 2.75) is 45.7 Å². The molecule has 0 saturated carbocycles. The highest BCUT2D eigenvalue weighted by atomic mass is 16.5. The Labute approximate surface area is 94.2 Å². The van der Waals surface area contributed by atoms with Gasteiger partial charge >= 0.3 is 0 Å². The molecule has 0 radical (unpaired) electrons. The van der Waals surface area contributed by atoms with Crippen molar-refractivity contribution in [1.29, 1.82) is 0 Å². The Hall–Kier alpha value is -0.120. The monoisotopic (exact) mass is 214 g/mol. The van der Waals surface area contributed by atoms with Crippen molar-refractivity contribution < 1.29 is 4.74 Å². The van der Waals surface area contributed by atoms with E-state index in [0.717, 1.165) is 26.3 Å². The molecule has 2 atom stereocenters. The summed E-state index contributed by atoms with van der Waals surface area (Å²) in [7, 11) is 0. The minimum atomic E-state index is 0.580. The summed E-state index contributed by atoms with van der Waals surface area (Å²) in [5.74, 6) is 0. The van der Waals surface area contributed by atoms with Crippen LogP contribution in [0.15, 0.2) is 0 Å². The molecule has 0 amide bonds. The molecule has 3 heteroatoms. The highest BCUT2D eigenvalue weighted by Gasteiger charge is 2.20. The van der Waals surface area contributed by atoms with Crippen LogP contribution in [0.25, 0.3) is 0 Å². The molecule has 0 aliphatic carbocycles. The molecular weight excluding hydrogens is 188 g/mol. The molecule has 0 aromatic heterocycles. The largest absolute Gasteiger partial charge is 0.379 e. The van der Waals surface area contributed by atoms with Crippen molar-refractivity contribution in [1.82, 2.24) is 10.2 Å². The van der Waals surface area contributed by atoms with Gasteiger partial charge in [0.2, 0.25) is 0 Å². The van der Waals surface area contributed by atoms with Gasteiger partial charge in [-0.25, -0.2) is 0 Å². The highest BCUT2D eigenvalue weighted by molar-refractivity contribution is 4.77. The van der Waals surface area contributed by atoms with Crippen molar-refractivity contribution in [2.75, 3.05) is 32.8 Å². The van der Waals surface area contributed by atoms with E-state index < -0.39 is 0 Å². The molecule has 1 N–H and O–H groups in total. The number of nitrogens with one attached hydrogen (secondary N) is 1. The summed E-state index contributed by atoms with van der Waals surface area (Å²) in [4.78, 5) is 2.54. The molecule has 0 bridgehead atoms. The zero-order valence-corrected chi connectivity index (χ0v) is 10.5. The molecule has 1 aliphatic rings. The van der Waals surface area contributed by atoms with Gasteiger partial charge in [-0.1, -0.05) is 13.8 Å². The van der Waals surface area contributed by atoms with Gasteiger partial charge in [0.25, 0.3) is 0 Å². The maximum atomic E-state index is 5.45. The molecule has 0 aromatic carbocycles. The summed E-state index contributed by atoms with van der Waals surface area (Å²) < 4.78 is 5.45. The van der Waals surface area contributed by atoms with E-state index in [2.05, 4.69) is 31.0 Å². The van der Waals surface area contributed by atoms with Crippen LogP contribution >= 0.6 is 0 Å². The smallest absolute Gasteiger partial charge is 0.0619 e. The second kappa shape index (κ2) is 7.20. The average Bonchev–Trinajstić information content (AvgIpc) is 2.26. The molecule has 2 unspecified atom stereocenters. The van der Waals surface area contributed by atoms with Crippen LogP contribution < -0.4 is 5.32 Å². The van der Waals surface area contributed by atoms with Crippen LogP contribution in [0, 0.1) is 0 Å². The maximum absolute atomic E-state index is 5.45. The van der Waals surface area contributed by atoms with Gasteiger partial charge in [-0.15, -0.1) is 0 Å². The van der Waals surface area contributed by atoms with Gasteiger partial charge in [0.05, 0.1) is 13.2 Å². The Bertz CT molecular complexity index is 164. The first-order chi connectivity index (χ1) is 7.27. The maximum Gasteiger partial charge on any atom is 0.0619 e. The molecule has 15 heavy (non-hydrogen) atoms. The first kappa shape index (κ1) is 12.9. The molecule has 1 aliphatic heterocycles. The minimum Gasteiger partial charge on any atom is -0.379 e. The topological polar surface area (TPSA) is 24.5 Å². The SMILES string of the molecule is CCCNC(CC)CN1CCOCC1C. The van der Waals surface area contributed by atoms with E-state index in [1.165, 1.54) is 19.4 Å². The van der Waals surface area contributed by atoms with Crippen molar-refractivity contribution in [2.24, 2.45) is 0 Å². The fourth-order valence-electron chi connectivity index (χ4n) is 2.00. The van der Waals surface area contributed by atoms with E-state index in [1.807, 2.05) is 0 Å². The Balaban J connectivity index is 2.29. The zero-order valence-electron chi connectivity index (χ0n) is 10.5. The van der Waals surface area contributed by atoms with Crippen LogP contribution in [-0.4, -0.2) is 49.8 Å². The second-order valence-corrected chi connectivity index (χ2v) is 4.48. The van der Waals surface area contributed by atoms with E-state index in [0.29, 0.717) is 12.1 Å². The second-order valence-electron chi connectivity index (χ2n) is 4.48. The first-order valence-electron chi connectivity index (χ1n) is 6.33. The van der Waals surface area contributed by atoms with Gasteiger partial charge in [0, 0.05) is 25.2 Å². The summed E-state index contributed by atoms with van der Waals surface area (Å²) in [6.45, 7) is 11.9. The number of morpholine rings is 1. The van der Waals surface area contributed by atoms with Crippen LogP contribution in [0.1, 0.15) is 33.6 Å². The van der Waals surface area contributed by atoms with Crippen molar-refractivity contribution in [3.8, 4) is 0 Å². The van der Waals surface area contributed by atoms with Crippen LogP contribution in [0.5, 0.6) is 0 Å². The number of nitrogens with zero attached hydrogens (tertiary/aromatic N) is 1. The van der Waals surface area contributed by atoms with Crippen LogP contribution in [0.4, 0.5) is 0 Å². The summed E-state index contributed by atoms with van der Waals surface area (Å²) in [6, 6.07) is 1.22. The molecule has 0 aromatic rings. The van der Waals surface area contributed by atoms with Gasteiger partial charge in [0.1, 0.15) is 0 Å². The predicted octanol–water partition coefficient (Wildman–Crippen LogP) is 1.49. The molecular formula is C12H26N2O. The number of hydrogen-bond donors (Lipinski definition) is 1. The van der Waals surface area contributed by atoms with E-state index in [1.54, 1.807) is 0 Å². The zero-order chi connectivity index (χ0) is 11.1. The van der Waals surface area contributed by atoms with E-state index in [-0.39, 0.29) is 0 Å². The molecule has 3 nitrogen and oxygen atoms in total. The normalized spacial score (nSPS) is 25.4. The first-order valence-corrected chi connectivity index (χ1v) is 6.33. The lowest BCUT2D eigenvalue weighted by molar-refractivity contribution is -0.00449. The van der Waals surface area contributed by atoms with Gasteiger partial charge in [-0.3, -0.25) is 4.90 Å². The van der Waals surface area contributed by atoms with Crippen LogP contribution in [0.2, 0.25) is 0 Å². The van der Waals surface area contributed by atoms with Gasteiger partial charge in [-0.2, -0.15) is 0 Å². The number of ether oxygens (including phenoxy) is 1. The molecule has 0 spiro atoms. The van der Waals surface area contributed by atoms with Crippen molar-refractivity contribution in [3.05, 3.63) is 0 Å². The summed E-state index contributed by atoms with van der Waals surface area (Å²) >= 11 is 0. The summed E-state index contributed by atoms with van der Waals surface area (Å²) in [5.41, 5.74) is 0. The van der Waals surface area contributed by atoms with E-state index in [4.69, 9.17) is 4.74 Å². The van der Waals surface area contributed by atoms with E-state index in [9.17, 15) is 0 Å². The van der Waals surface area contributed by atoms with Crippen molar-refractivity contribution >= 4 is 0 Å². The third-order valence-corrected chi connectivity index (χ3v) is 3.14. The number of rotatable bonds is 6. The Kier molecular flexibility index (Phi) is 6.22. The number of hydrogen-bond acceptors (Lipinski definition) is 3. The molecule has 1 saturated heterocycles. The predicted molar refractivity (Wildman–Crippen MR) is 64.2 cm³/mol. The molecule has 1 fully saturated rings. The van der Waals surface area contributed by atoms with Gasteiger partial charge in [0.15, 0.2) is 0 Å². The lowest BCUT2D eigenvalue weighted by Crippen LogP contribution is -2.49. The third kappa shape index (κ3) is 4.49. The lowest BCUT2D eigenvalue weighted by atomic mass is 10.1. The van der Waals surface area contributed by atoms with Crippen LogP contribution in [0.3, 0.4) is 0 Å². The fourth-order valence-corrected chi connectivity index (χ4v) is 2.00. The van der Waals surface area contributed by atoms with Gasteiger partial charge < -0.3 is 10.1 Å². The third-order valence-electron chi connectivity index (χ3n) is 3.14. The summed E-state index contributed by atoms with van der Waals surface area (Å²) in [6.07, 6.45) is 2.43.